The van der Waals surface area contributed by atoms with Crippen LogP contribution < -0.4 is 15.4 Å². The number of hydrogen-bond donors (Lipinski definition) is 2. The second-order valence-electron chi connectivity index (χ2n) is 6.48. The predicted octanol–water partition coefficient (Wildman–Crippen LogP) is 3.49. The van der Waals surface area contributed by atoms with Crippen molar-refractivity contribution in [2.24, 2.45) is 4.99 Å². The number of nitrogens with zero attached hydrogens (tertiary/aromatic N) is 2. The first-order valence-electron chi connectivity index (χ1n) is 8.81. The minimum absolute atomic E-state index is 0. The van der Waals surface area contributed by atoms with Crippen LogP contribution in [0.2, 0.25) is 0 Å². The van der Waals surface area contributed by atoms with Crippen LogP contribution in [0.4, 0.5) is 0 Å². The molecule has 1 rings (SSSR count). The van der Waals surface area contributed by atoms with E-state index in [2.05, 4.69) is 54.3 Å². The molecule has 0 amide bonds. The zero-order valence-electron chi connectivity index (χ0n) is 16.5. The van der Waals surface area contributed by atoms with E-state index in [4.69, 9.17) is 4.74 Å². The molecule has 1 aromatic rings. The lowest BCUT2D eigenvalue weighted by Crippen LogP contribution is -2.41. The summed E-state index contributed by atoms with van der Waals surface area (Å²) in [4.78, 5) is 6.79. The molecule has 0 atom stereocenters. The van der Waals surface area contributed by atoms with Gasteiger partial charge in [-0.3, -0.25) is 9.89 Å². The molecule has 5 nitrogen and oxygen atoms in total. The summed E-state index contributed by atoms with van der Waals surface area (Å²) in [5, 5.41) is 6.72. The van der Waals surface area contributed by atoms with Crippen LogP contribution in [0, 0.1) is 0 Å². The lowest BCUT2D eigenvalue weighted by molar-refractivity contribution is 0.173. The van der Waals surface area contributed by atoms with E-state index < -0.39 is 0 Å². The molecule has 144 valence electrons. The smallest absolute Gasteiger partial charge is 0.191 e. The Kier molecular flexibility index (Phi) is 12.7. The molecule has 0 saturated carbocycles. The zero-order chi connectivity index (χ0) is 17.9. The van der Waals surface area contributed by atoms with Gasteiger partial charge in [0.05, 0.1) is 7.11 Å². The number of halogens is 1. The van der Waals surface area contributed by atoms with Gasteiger partial charge in [0.15, 0.2) is 5.96 Å². The molecule has 0 aliphatic carbocycles. The van der Waals surface area contributed by atoms with Crippen LogP contribution in [0.3, 0.4) is 0 Å². The molecule has 0 unspecified atom stereocenters. The summed E-state index contributed by atoms with van der Waals surface area (Å²) in [7, 11) is 3.49. The molecule has 0 aromatic heterocycles. The van der Waals surface area contributed by atoms with Crippen LogP contribution in [-0.2, 0) is 6.54 Å². The Morgan fingerprint density at radius 1 is 1.16 bits per heavy atom. The Balaban J connectivity index is 0.00000576. The van der Waals surface area contributed by atoms with Gasteiger partial charge in [0.2, 0.25) is 0 Å². The Morgan fingerprint density at radius 3 is 2.40 bits per heavy atom. The minimum Gasteiger partial charge on any atom is -0.497 e. The van der Waals surface area contributed by atoms with Gasteiger partial charge in [-0.05, 0) is 51.8 Å². The van der Waals surface area contributed by atoms with Gasteiger partial charge >= 0.3 is 0 Å². The number of hydrogen-bond acceptors (Lipinski definition) is 3. The summed E-state index contributed by atoms with van der Waals surface area (Å²) in [5.74, 6) is 1.71. The van der Waals surface area contributed by atoms with Crippen LogP contribution in [0.1, 0.15) is 39.7 Å². The number of methoxy groups -OCH3 is 1. The van der Waals surface area contributed by atoms with Gasteiger partial charge in [-0.25, -0.2) is 0 Å². The SMILES string of the molecule is CN=C(NCCCN(C(C)C)C(C)C)NCc1cccc(OC)c1.I. The number of benzene rings is 1. The quantitative estimate of drug-likeness (QED) is 0.255. The van der Waals surface area contributed by atoms with Crippen molar-refractivity contribution in [3.05, 3.63) is 29.8 Å². The highest BCUT2D eigenvalue weighted by Gasteiger charge is 2.12. The molecule has 0 fully saturated rings. The van der Waals surface area contributed by atoms with Gasteiger partial charge in [0, 0.05) is 38.8 Å². The fraction of sp³-hybridized carbons (Fsp3) is 0.632. The highest BCUT2D eigenvalue weighted by molar-refractivity contribution is 14.0. The van der Waals surface area contributed by atoms with Crippen molar-refractivity contribution in [2.45, 2.75) is 52.7 Å². The maximum Gasteiger partial charge on any atom is 0.191 e. The zero-order valence-corrected chi connectivity index (χ0v) is 18.8. The third-order valence-electron chi connectivity index (χ3n) is 4.03. The van der Waals surface area contributed by atoms with Crippen molar-refractivity contribution in [1.29, 1.82) is 0 Å². The van der Waals surface area contributed by atoms with Crippen LogP contribution in [0.15, 0.2) is 29.3 Å². The Morgan fingerprint density at radius 2 is 1.84 bits per heavy atom. The van der Waals surface area contributed by atoms with E-state index in [1.54, 1.807) is 14.2 Å². The fourth-order valence-electron chi connectivity index (χ4n) is 2.77. The second-order valence-corrected chi connectivity index (χ2v) is 6.48. The first-order valence-corrected chi connectivity index (χ1v) is 8.81. The number of nitrogens with one attached hydrogen (secondary N) is 2. The first-order chi connectivity index (χ1) is 11.5. The van der Waals surface area contributed by atoms with E-state index in [1.807, 2.05) is 18.2 Å². The largest absolute Gasteiger partial charge is 0.497 e. The summed E-state index contributed by atoms with van der Waals surface area (Å²) in [6.45, 7) is 11.7. The molecule has 25 heavy (non-hydrogen) atoms. The van der Waals surface area contributed by atoms with Crippen molar-refractivity contribution in [3.8, 4) is 5.75 Å². The number of aliphatic imine (C=N–C) groups is 1. The van der Waals surface area contributed by atoms with Gasteiger partial charge in [-0.15, -0.1) is 24.0 Å². The van der Waals surface area contributed by atoms with E-state index in [1.165, 1.54) is 5.56 Å². The number of rotatable bonds is 9. The monoisotopic (exact) mass is 462 g/mol. The predicted molar refractivity (Wildman–Crippen MR) is 118 cm³/mol. The van der Waals surface area contributed by atoms with E-state index in [0.717, 1.165) is 37.8 Å². The van der Waals surface area contributed by atoms with Crippen molar-refractivity contribution < 1.29 is 4.74 Å². The summed E-state index contributed by atoms with van der Waals surface area (Å²) < 4.78 is 5.25. The normalized spacial score (nSPS) is 11.6. The van der Waals surface area contributed by atoms with Crippen molar-refractivity contribution in [1.82, 2.24) is 15.5 Å². The molecule has 0 bridgehead atoms. The average molecular weight is 462 g/mol. The van der Waals surface area contributed by atoms with E-state index in [0.29, 0.717) is 12.1 Å². The maximum absolute atomic E-state index is 5.25. The second kappa shape index (κ2) is 13.2. The van der Waals surface area contributed by atoms with Gasteiger partial charge < -0.3 is 15.4 Å². The third-order valence-corrected chi connectivity index (χ3v) is 4.03. The molecule has 0 radical (unpaired) electrons. The molecule has 0 spiro atoms. The van der Waals surface area contributed by atoms with Gasteiger partial charge in [-0.2, -0.15) is 0 Å². The molecule has 6 heteroatoms. The van der Waals surface area contributed by atoms with Gasteiger partial charge in [0.25, 0.3) is 0 Å². The highest BCUT2D eigenvalue weighted by atomic mass is 127. The molecule has 0 saturated heterocycles. The third kappa shape index (κ3) is 9.30. The molecule has 0 aliphatic heterocycles. The van der Waals surface area contributed by atoms with Crippen LogP contribution in [-0.4, -0.2) is 50.2 Å². The van der Waals surface area contributed by atoms with E-state index in [-0.39, 0.29) is 24.0 Å². The molecule has 0 aliphatic rings. The average Bonchev–Trinajstić information content (AvgIpc) is 2.56. The van der Waals surface area contributed by atoms with E-state index in [9.17, 15) is 0 Å². The van der Waals surface area contributed by atoms with Crippen molar-refractivity contribution >= 4 is 29.9 Å². The topological polar surface area (TPSA) is 48.9 Å². The fourth-order valence-corrected chi connectivity index (χ4v) is 2.77. The lowest BCUT2D eigenvalue weighted by atomic mass is 10.2. The molecular weight excluding hydrogens is 427 g/mol. The van der Waals surface area contributed by atoms with Crippen molar-refractivity contribution in [2.75, 3.05) is 27.2 Å². The Bertz CT molecular complexity index is 498. The van der Waals surface area contributed by atoms with Crippen LogP contribution in [0.5, 0.6) is 5.75 Å². The summed E-state index contributed by atoms with van der Waals surface area (Å²) in [6.07, 6.45) is 1.09. The maximum atomic E-state index is 5.25. The van der Waals surface area contributed by atoms with Gasteiger partial charge in [-0.1, -0.05) is 12.1 Å². The number of guanidine groups is 1. The standard InChI is InChI=1S/C19H34N4O.HI/c1-15(2)23(16(3)4)12-8-11-21-19(20-5)22-14-17-9-7-10-18(13-17)24-6;/h7,9-10,13,15-16H,8,11-12,14H2,1-6H3,(H2,20,21,22);1H. The van der Waals surface area contributed by atoms with E-state index >= 15 is 0 Å². The summed E-state index contributed by atoms with van der Waals surface area (Å²) >= 11 is 0. The van der Waals surface area contributed by atoms with Crippen molar-refractivity contribution in [3.63, 3.8) is 0 Å². The molecule has 1 aromatic carbocycles. The summed E-state index contributed by atoms with van der Waals surface area (Å²) in [6, 6.07) is 9.21. The first kappa shape index (κ1) is 24.0. The van der Waals surface area contributed by atoms with Crippen LogP contribution >= 0.6 is 24.0 Å². The molecule has 2 N–H and O–H groups in total. The van der Waals surface area contributed by atoms with Crippen LogP contribution in [0.25, 0.3) is 0 Å². The Hall–Kier alpha value is -1.02. The molecular formula is C19H35IN4O. The number of ether oxygens (including phenoxy) is 1. The highest BCUT2D eigenvalue weighted by Crippen LogP contribution is 2.12. The molecule has 0 heterocycles. The summed E-state index contributed by atoms with van der Waals surface area (Å²) in [5.41, 5.74) is 1.17. The van der Waals surface area contributed by atoms with Gasteiger partial charge in [0.1, 0.15) is 5.75 Å². The Labute approximate surface area is 170 Å². The minimum atomic E-state index is 0. The lowest BCUT2D eigenvalue weighted by Gasteiger charge is -2.30.